The average Bonchev–Trinajstić information content (AvgIpc) is 3.05. The van der Waals surface area contributed by atoms with Crippen LogP contribution in [0.25, 0.3) is 0 Å². The Morgan fingerprint density at radius 2 is 1.95 bits per heavy atom. The second kappa shape index (κ2) is 6.41. The van der Waals surface area contributed by atoms with Crippen LogP contribution < -0.4 is 10.2 Å². The fourth-order valence-electron chi connectivity index (χ4n) is 2.20. The van der Waals surface area contributed by atoms with Gasteiger partial charge < -0.3 is 19.7 Å². The third-order valence-corrected chi connectivity index (χ3v) is 3.74. The zero-order valence-electron chi connectivity index (χ0n) is 11.6. The second-order valence-corrected chi connectivity index (χ2v) is 5.53. The Balaban J connectivity index is 1.67. The first-order valence-corrected chi connectivity index (χ1v) is 6.83. The topological polar surface area (TPSA) is 52.9 Å². The largest absolute Gasteiger partial charge is 0.492 e. The van der Waals surface area contributed by atoms with Crippen molar-refractivity contribution in [3.05, 3.63) is 24.3 Å². The first-order chi connectivity index (χ1) is 9.06. The maximum atomic E-state index is 8.98. The van der Waals surface area contributed by atoms with E-state index in [-0.39, 0.29) is 0 Å². The van der Waals surface area contributed by atoms with Crippen molar-refractivity contribution in [3.63, 3.8) is 0 Å². The molecule has 0 aromatic heterocycles. The molecule has 0 amide bonds. The van der Waals surface area contributed by atoms with Crippen LogP contribution in [-0.2, 0) is 0 Å². The number of rotatable bonds is 7. The summed E-state index contributed by atoms with van der Waals surface area (Å²) in [5.41, 5.74) is 0.479. The third kappa shape index (κ3) is 4.53. The maximum absolute atomic E-state index is 8.98. The Bertz CT molecular complexity index is 396. The van der Waals surface area contributed by atoms with Gasteiger partial charge in [-0.3, -0.25) is 0 Å². The molecule has 2 atom stereocenters. The summed E-state index contributed by atoms with van der Waals surface area (Å²) in [6.45, 7) is 5.01. The molecule has 1 saturated carbocycles. The van der Waals surface area contributed by atoms with Crippen LogP contribution in [0, 0.1) is 11.8 Å². The van der Waals surface area contributed by atoms with Gasteiger partial charge in [0.25, 0.3) is 0 Å². The molecular weight excluding hydrogens is 241 g/mol. The number of nitrogens with zero attached hydrogens (tertiary/aromatic N) is 1. The van der Waals surface area contributed by atoms with E-state index in [0.717, 1.165) is 30.7 Å². The average molecular weight is 263 g/mol. The monoisotopic (exact) mass is 263 g/mol. The van der Waals surface area contributed by atoms with E-state index in [1.54, 1.807) is 24.3 Å². The molecule has 5 heteroatoms. The van der Waals surface area contributed by atoms with E-state index in [4.69, 9.17) is 14.8 Å². The van der Waals surface area contributed by atoms with Crippen molar-refractivity contribution in [3.8, 4) is 5.75 Å². The minimum atomic E-state index is -1.42. The molecule has 0 radical (unpaired) electrons. The van der Waals surface area contributed by atoms with Crippen molar-refractivity contribution in [2.75, 3.05) is 26.7 Å². The summed E-state index contributed by atoms with van der Waals surface area (Å²) in [6, 6.07) is 6.85. The van der Waals surface area contributed by atoms with E-state index in [9.17, 15) is 0 Å². The first kappa shape index (κ1) is 14.4. The highest BCUT2D eigenvalue weighted by molar-refractivity contribution is 6.58. The Hall–Kier alpha value is -1.04. The van der Waals surface area contributed by atoms with E-state index < -0.39 is 7.12 Å². The van der Waals surface area contributed by atoms with Crippen LogP contribution in [0.1, 0.15) is 13.3 Å². The van der Waals surface area contributed by atoms with Gasteiger partial charge in [0.2, 0.25) is 0 Å². The van der Waals surface area contributed by atoms with Gasteiger partial charge in [-0.2, -0.15) is 0 Å². The zero-order chi connectivity index (χ0) is 13.8. The first-order valence-electron chi connectivity index (χ1n) is 6.83. The van der Waals surface area contributed by atoms with Gasteiger partial charge in [0.05, 0.1) is 0 Å². The number of likely N-dealkylation sites (N-methyl/N-ethyl adjacent to an activating group) is 1. The molecule has 19 heavy (non-hydrogen) atoms. The van der Waals surface area contributed by atoms with Crippen molar-refractivity contribution in [1.29, 1.82) is 0 Å². The molecule has 1 aromatic carbocycles. The minimum absolute atomic E-state index is 0.479. The van der Waals surface area contributed by atoms with Crippen LogP contribution in [0.5, 0.6) is 5.75 Å². The van der Waals surface area contributed by atoms with Crippen molar-refractivity contribution in [1.82, 2.24) is 4.90 Å². The third-order valence-electron chi connectivity index (χ3n) is 3.74. The molecule has 0 saturated heterocycles. The molecule has 2 rings (SSSR count). The molecule has 0 aliphatic heterocycles. The summed E-state index contributed by atoms with van der Waals surface area (Å²) < 4.78 is 5.64. The van der Waals surface area contributed by atoms with Crippen molar-refractivity contribution < 1.29 is 14.8 Å². The van der Waals surface area contributed by atoms with Crippen LogP contribution in [0.2, 0.25) is 0 Å². The molecule has 2 unspecified atom stereocenters. The van der Waals surface area contributed by atoms with Gasteiger partial charge in [-0.1, -0.05) is 19.1 Å². The van der Waals surface area contributed by atoms with Crippen LogP contribution in [-0.4, -0.2) is 48.8 Å². The number of hydrogen-bond donors (Lipinski definition) is 2. The van der Waals surface area contributed by atoms with Crippen LogP contribution in [0.3, 0.4) is 0 Å². The summed E-state index contributed by atoms with van der Waals surface area (Å²) in [7, 11) is 0.709. The lowest BCUT2D eigenvalue weighted by molar-refractivity contribution is 0.230. The highest BCUT2D eigenvalue weighted by Crippen LogP contribution is 2.37. The van der Waals surface area contributed by atoms with E-state index in [0.29, 0.717) is 12.1 Å². The lowest BCUT2D eigenvalue weighted by atomic mass is 9.80. The molecule has 0 heterocycles. The van der Waals surface area contributed by atoms with E-state index in [2.05, 4.69) is 18.9 Å². The lowest BCUT2D eigenvalue weighted by Crippen LogP contribution is -2.29. The van der Waals surface area contributed by atoms with Gasteiger partial charge in [0.1, 0.15) is 12.4 Å². The van der Waals surface area contributed by atoms with Gasteiger partial charge >= 0.3 is 7.12 Å². The van der Waals surface area contributed by atoms with Crippen LogP contribution >= 0.6 is 0 Å². The number of ether oxygens (including phenoxy) is 1. The Morgan fingerprint density at radius 3 is 2.47 bits per heavy atom. The fraction of sp³-hybridized carbons (Fsp3) is 0.571. The number of benzene rings is 1. The maximum Gasteiger partial charge on any atom is 0.488 e. The molecule has 1 aromatic rings. The Morgan fingerprint density at radius 1 is 1.32 bits per heavy atom. The molecule has 4 nitrogen and oxygen atoms in total. The SMILES string of the molecule is CC1CC1CN(C)CCOc1ccc(B(O)O)cc1. The second-order valence-electron chi connectivity index (χ2n) is 5.53. The molecule has 2 N–H and O–H groups in total. The smallest absolute Gasteiger partial charge is 0.488 e. The molecule has 1 aliphatic rings. The molecule has 1 fully saturated rings. The molecular formula is C14H22BNO3. The summed E-state index contributed by atoms with van der Waals surface area (Å²) in [4.78, 5) is 2.31. The van der Waals surface area contributed by atoms with E-state index in [1.807, 2.05) is 0 Å². The molecule has 104 valence electrons. The molecule has 0 spiro atoms. The highest BCUT2D eigenvalue weighted by atomic mass is 16.5. The summed E-state index contributed by atoms with van der Waals surface area (Å²) >= 11 is 0. The van der Waals surface area contributed by atoms with Gasteiger partial charge in [-0.15, -0.1) is 0 Å². The van der Waals surface area contributed by atoms with E-state index >= 15 is 0 Å². The standard InChI is InChI=1S/C14H22BNO3/c1-11-9-12(11)10-16(2)7-8-19-14-5-3-13(4-6-14)15(17)18/h3-6,11-12,17-18H,7-10H2,1-2H3. The van der Waals surface area contributed by atoms with Gasteiger partial charge in [0.15, 0.2) is 0 Å². The summed E-state index contributed by atoms with van der Waals surface area (Å²) in [6.07, 6.45) is 1.36. The predicted molar refractivity (Wildman–Crippen MR) is 76.5 cm³/mol. The summed E-state index contributed by atoms with van der Waals surface area (Å²) in [5.74, 6) is 2.52. The lowest BCUT2D eigenvalue weighted by Gasteiger charge is -2.16. The normalized spacial score (nSPS) is 21.5. The van der Waals surface area contributed by atoms with E-state index in [1.165, 1.54) is 6.42 Å². The van der Waals surface area contributed by atoms with Gasteiger partial charge in [0, 0.05) is 13.1 Å². The van der Waals surface area contributed by atoms with Gasteiger partial charge in [-0.25, -0.2) is 0 Å². The Labute approximate surface area is 115 Å². The summed E-state index contributed by atoms with van der Waals surface area (Å²) in [5, 5.41) is 18.0. The highest BCUT2D eigenvalue weighted by Gasteiger charge is 2.32. The predicted octanol–water partition coefficient (Wildman–Crippen LogP) is 0.333. The van der Waals surface area contributed by atoms with Gasteiger partial charge in [-0.05, 0) is 42.9 Å². The van der Waals surface area contributed by atoms with Crippen LogP contribution in [0.15, 0.2) is 24.3 Å². The zero-order valence-corrected chi connectivity index (χ0v) is 11.6. The molecule has 0 bridgehead atoms. The fourth-order valence-corrected chi connectivity index (χ4v) is 2.20. The minimum Gasteiger partial charge on any atom is -0.492 e. The van der Waals surface area contributed by atoms with Crippen molar-refractivity contribution in [2.24, 2.45) is 11.8 Å². The van der Waals surface area contributed by atoms with Crippen molar-refractivity contribution >= 4 is 12.6 Å². The molecule has 1 aliphatic carbocycles. The van der Waals surface area contributed by atoms with Crippen LogP contribution in [0.4, 0.5) is 0 Å². The van der Waals surface area contributed by atoms with Crippen molar-refractivity contribution in [2.45, 2.75) is 13.3 Å². The Kier molecular flexibility index (Phi) is 4.85. The number of hydrogen-bond acceptors (Lipinski definition) is 4. The quantitative estimate of drug-likeness (QED) is 0.696.